The molecule has 120 valence electrons. The molecule has 0 unspecified atom stereocenters. The maximum atomic E-state index is 11.7. The highest BCUT2D eigenvalue weighted by molar-refractivity contribution is 5.85. The number of amides is 1. The van der Waals surface area contributed by atoms with Crippen molar-refractivity contribution in [1.82, 2.24) is 10.3 Å². The van der Waals surface area contributed by atoms with E-state index < -0.39 is 0 Å². The Morgan fingerprint density at radius 1 is 1.05 bits per heavy atom. The Balaban J connectivity index is 0.00000220. The molecule has 2 aromatic rings. The van der Waals surface area contributed by atoms with Crippen molar-refractivity contribution in [3.8, 4) is 0 Å². The summed E-state index contributed by atoms with van der Waals surface area (Å²) in [6, 6.07) is 13.4. The number of carbonyl (C=O) groups excluding carboxylic acids is 1. The molecule has 6 heteroatoms. The first-order valence-electron chi connectivity index (χ1n) is 6.75. The van der Waals surface area contributed by atoms with Gasteiger partial charge >= 0.3 is 0 Å². The Morgan fingerprint density at radius 2 is 1.77 bits per heavy atom. The third-order valence-corrected chi connectivity index (χ3v) is 3.05. The topological polar surface area (TPSA) is 68.0 Å². The van der Waals surface area contributed by atoms with Crippen LogP contribution in [-0.2, 0) is 17.6 Å². The molecule has 22 heavy (non-hydrogen) atoms. The van der Waals surface area contributed by atoms with Crippen LogP contribution in [0.4, 0.5) is 5.69 Å². The molecule has 0 saturated carbocycles. The highest BCUT2D eigenvalue weighted by Gasteiger charge is 2.02. The number of benzene rings is 1. The van der Waals surface area contributed by atoms with Gasteiger partial charge in [-0.15, -0.1) is 24.8 Å². The van der Waals surface area contributed by atoms with Gasteiger partial charge in [0.05, 0.1) is 0 Å². The van der Waals surface area contributed by atoms with E-state index in [1.807, 2.05) is 42.5 Å². The van der Waals surface area contributed by atoms with E-state index in [9.17, 15) is 4.79 Å². The fourth-order valence-corrected chi connectivity index (χ4v) is 1.91. The summed E-state index contributed by atoms with van der Waals surface area (Å²) in [5.74, 6) is 0.0612. The van der Waals surface area contributed by atoms with Crippen LogP contribution in [0.3, 0.4) is 0 Å². The van der Waals surface area contributed by atoms with Crippen LogP contribution in [0.5, 0.6) is 0 Å². The second-order valence-electron chi connectivity index (χ2n) is 4.66. The number of hydrogen-bond acceptors (Lipinski definition) is 3. The maximum absolute atomic E-state index is 11.7. The molecule has 0 aliphatic rings. The fourth-order valence-electron chi connectivity index (χ4n) is 1.91. The Bertz CT molecular complexity index is 547. The van der Waals surface area contributed by atoms with E-state index in [0.717, 1.165) is 17.8 Å². The molecule has 4 nitrogen and oxygen atoms in total. The summed E-state index contributed by atoms with van der Waals surface area (Å²) in [7, 11) is 0. The number of anilines is 1. The van der Waals surface area contributed by atoms with Crippen molar-refractivity contribution in [3.63, 3.8) is 0 Å². The predicted octanol–water partition coefficient (Wildman–Crippen LogP) is 2.80. The number of halogens is 2. The average molecular weight is 342 g/mol. The van der Waals surface area contributed by atoms with Crippen LogP contribution in [0.25, 0.3) is 0 Å². The van der Waals surface area contributed by atoms with Crippen LogP contribution in [0.15, 0.2) is 48.7 Å². The van der Waals surface area contributed by atoms with Crippen molar-refractivity contribution in [2.45, 2.75) is 19.3 Å². The van der Waals surface area contributed by atoms with E-state index in [-0.39, 0.29) is 30.7 Å². The van der Waals surface area contributed by atoms with Crippen molar-refractivity contribution >= 4 is 36.4 Å². The van der Waals surface area contributed by atoms with Gasteiger partial charge in [-0.2, -0.15) is 0 Å². The number of hydrogen-bond donors (Lipinski definition) is 2. The van der Waals surface area contributed by atoms with Crippen molar-refractivity contribution in [1.29, 1.82) is 0 Å². The SMILES string of the molecule is Cl.Cl.Nc1ccc(CCNC(=O)CCc2ccccn2)cc1. The van der Waals surface area contributed by atoms with Gasteiger partial charge in [-0.05, 0) is 42.7 Å². The molecule has 1 amide bonds. The zero-order chi connectivity index (χ0) is 14.2. The van der Waals surface area contributed by atoms with E-state index in [1.165, 1.54) is 5.56 Å². The van der Waals surface area contributed by atoms with Gasteiger partial charge < -0.3 is 11.1 Å². The van der Waals surface area contributed by atoms with E-state index in [2.05, 4.69) is 10.3 Å². The molecule has 2 rings (SSSR count). The Kier molecular flexibility index (Phi) is 10.00. The lowest BCUT2D eigenvalue weighted by Crippen LogP contribution is -2.25. The van der Waals surface area contributed by atoms with E-state index in [1.54, 1.807) is 6.20 Å². The van der Waals surface area contributed by atoms with Gasteiger partial charge in [0, 0.05) is 30.5 Å². The number of pyridine rings is 1. The summed E-state index contributed by atoms with van der Waals surface area (Å²) in [6.45, 7) is 0.644. The van der Waals surface area contributed by atoms with Gasteiger partial charge in [0.15, 0.2) is 0 Å². The van der Waals surface area contributed by atoms with E-state index in [4.69, 9.17) is 5.73 Å². The number of aromatic nitrogens is 1. The molecular weight excluding hydrogens is 321 g/mol. The second-order valence-corrected chi connectivity index (χ2v) is 4.66. The van der Waals surface area contributed by atoms with Crippen LogP contribution in [-0.4, -0.2) is 17.4 Å². The minimum absolute atomic E-state index is 0. The number of rotatable bonds is 6. The third kappa shape index (κ3) is 7.29. The standard InChI is InChI=1S/C16H19N3O.2ClH/c17-14-6-4-13(5-7-14)10-12-19-16(20)9-8-15-3-1-2-11-18-15;;/h1-7,11H,8-10,12,17H2,(H,19,20);2*1H. The monoisotopic (exact) mass is 341 g/mol. The normalized spacial score (nSPS) is 9.27. The van der Waals surface area contributed by atoms with Gasteiger partial charge in [-0.3, -0.25) is 9.78 Å². The smallest absolute Gasteiger partial charge is 0.220 e. The molecule has 0 fully saturated rings. The highest BCUT2D eigenvalue weighted by Crippen LogP contribution is 2.05. The summed E-state index contributed by atoms with van der Waals surface area (Å²) < 4.78 is 0. The molecule has 0 aliphatic heterocycles. The third-order valence-electron chi connectivity index (χ3n) is 3.05. The Morgan fingerprint density at radius 3 is 2.41 bits per heavy atom. The van der Waals surface area contributed by atoms with Crippen molar-refractivity contribution in [3.05, 3.63) is 59.9 Å². The summed E-state index contributed by atoms with van der Waals surface area (Å²) in [5.41, 5.74) is 8.50. The van der Waals surface area contributed by atoms with Crippen molar-refractivity contribution < 1.29 is 4.79 Å². The molecule has 1 aromatic heterocycles. The molecular formula is C16H21Cl2N3O. The molecule has 1 aromatic carbocycles. The van der Waals surface area contributed by atoms with Crippen LogP contribution >= 0.6 is 24.8 Å². The first-order chi connectivity index (χ1) is 9.74. The molecule has 0 spiro atoms. The van der Waals surface area contributed by atoms with Crippen LogP contribution in [0, 0.1) is 0 Å². The van der Waals surface area contributed by atoms with Gasteiger partial charge in [-0.1, -0.05) is 18.2 Å². The van der Waals surface area contributed by atoms with Gasteiger partial charge in [0.2, 0.25) is 5.91 Å². The maximum Gasteiger partial charge on any atom is 0.220 e. The van der Waals surface area contributed by atoms with Crippen molar-refractivity contribution in [2.24, 2.45) is 0 Å². The summed E-state index contributed by atoms with van der Waals surface area (Å²) in [4.78, 5) is 15.9. The second kappa shape index (κ2) is 10.9. The van der Waals surface area contributed by atoms with E-state index >= 15 is 0 Å². The lowest BCUT2D eigenvalue weighted by molar-refractivity contribution is -0.121. The first-order valence-corrected chi connectivity index (χ1v) is 6.75. The van der Waals surface area contributed by atoms with Gasteiger partial charge in [0.25, 0.3) is 0 Å². The number of nitrogens with one attached hydrogen (secondary N) is 1. The number of nitrogens with zero attached hydrogens (tertiary/aromatic N) is 1. The quantitative estimate of drug-likeness (QED) is 0.793. The number of aryl methyl sites for hydroxylation is 1. The largest absolute Gasteiger partial charge is 0.399 e. The van der Waals surface area contributed by atoms with Crippen LogP contribution in [0.2, 0.25) is 0 Å². The molecule has 0 saturated heterocycles. The zero-order valence-electron chi connectivity index (χ0n) is 12.2. The minimum Gasteiger partial charge on any atom is -0.399 e. The number of carbonyl (C=O) groups is 1. The Hall–Kier alpha value is -1.78. The number of nitrogens with two attached hydrogens (primary N) is 1. The number of nitrogen functional groups attached to an aromatic ring is 1. The van der Waals surface area contributed by atoms with Crippen LogP contribution < -0.4 is 11.1 Å². The summed E-state index contributed by atoms with van der Waals surface area (Å²) in [6.07, 6.45) is 3.71. The van der Waals surface area contributed by atoms with Gasteiger partial charge in [-0.25, -0.2) is 0 Å². The Labute approximate surface area is 143 Å². The van der Waals surface area contributed by atoms with Gasteiger partial charge in [0.1, 0.15) is 0 Å². The average Bonchev–Trinajstić information content (AvgIpc) is 2.48. The molecule has 0 radical (unpaired) electrons. The molecule has 1 heterocycles. The van der Waals surface area contributed by atoms with E-state index in [0.29, 0.717) is 19.4 Å². The summed E-state index contributed by atoms with van der Waals surface area (Å²) in [5, 5.41) is 2.92. The summed E-state index contributed by atoms with van der Waals surface area (Å²) >= 11 is 0. The minimum atomic E-state index is 0. The molecule has 0 bridgehead atoms. The lowest BCUT2D eigenvalue weighted by atomic mass is 10.1. The predicted molar refractivity (Wildman–Crippen MR) is 94.6 cm³/mol. The van der Waals surface area contributed by atoms with Crippen molar-refractivity contribution in [2.75, 3.05) is 12.3 Å². The lowest BCUT2D eigenvalue weighted by Gasteiger charge is -2.05. The fraction of sp³-hybridized carbons (Fsp3) is 0.250. The molecule has 0 aliphatic carbocycles. The zero-order valence-corrected chi connectivity index (χ0v) is 13.8. The molecule has 3 N–H and O–H groups in total. The first kappa shape index (κ1) is 20.2. The highest BCUT2D eigenvalue weighted by atomic mass is 35.5. The van der Waals surface area contributed by atoms with Crippen LogP contribution in [0.1, 0.15) is 17.7 Å². The molecule has 0 atom stereocenters.